The number of carbonyl (C=O) groups is 1. The molecule has 0 saturated heterocycles. The third-order valence-electron chi connectivity index (χ3n) is 2.93. The van der Waals surface area contributed by atoms with Gasteiger partial charge in [-0.1, -0.05) is 11.3 Å². The van der Waals surface area contributed by atoms with Gasteiger partial charge in [-0.3, -0.25) is 4.68 Å². The number of carbonyl (C=O) groups excluding carboxylic acids is 1. The van der Waals surface area contributed by atoms with Crippen molar-refractivity contribution in [2.75, 3.05) is 12.4 Å². The Labute approximate surface area is 111 Å². The highest BCUT2D eigenvalue weighted by Gasteiger charge is 2.08. The predicted octanol–water partition coefficient (Wildman–Crippen LogP) is 1.52. The molecule has 2 rings (SSSR count). The fourth-order valence-corrected chi connectivity index (χ4v) is 1.71. The van der Waals surface area contributed by atoms with E-state index < -0.39 is 0 Å². The summed E-state index contributed by atoms with van der Waals surface area (Å²) in [6.45, 7) is 2.57. The first-order chi connectivity index (χ1) is 9.11. The average Bonchev–Trinajstić information content (AvgIpc) is 2.82. The molecule has 6 nitrogen and oxygen atoms in total. The molecule has 0 bridgehead atoms. The third-order valence-corrected chi connectivity index (χ3v) is 2.93. The lowest BCUT2D eigenvalue weighted by Crippen LogP contribution is -2.08. The van der Waals surface area contributed by atoms with Gasteiger partial charge < -0.3 is 10.1 Å². The van der Waals surface area contributed by atoms with Gasteiger partial charge in [0.15, 0.2) is 0 Å². The fraction of sp³-hybridized carbons (Fsp3) is 0.308. The smallest absolute Gasteiger partial charge is 0.337 e. The summed E-state index contributed by atoms with van der Waals surface area (Å²) in [5.74, 6) is -0.342. The molecule has 0 amide bonds. The summed E-state index contributed by atoms with van der Waals surface area (Å²) in [6.07, 6.45) is 1.70. The van der Waals surface area contributed by atoms with Crippen LogP contribution in [0.15, 0.2) is 24.4 Å². The number of hydrogen-bond acceptors (Lipinski definition) is 5. The van der Waals surface area contributed by atoms with Gasteiger partial charge in [-0.2, -0.15) is 0 Å². The molecule has 19 heavy (non-hydrogen) atoms. The maximum absolute atomic E-state index is 11.5. The van der Waals surface area contributed by atoms with E-state index in [1.807, 2.05) is 20.0 Å². The van der Waals surface area contributed by atoms with Crippen LogP contribution < -0.4 is 5.32 Å². The van der Waals surface area contributed by atoms with Gasteiger partial charge in [0.1, 0.15) is 0 Å². The Balaban J connectivity index is 2.15. The normalized spacial score (nSPS) is 10.3. The number of nitrogens with zero attached hydrogens (tertiary/aromatic N) is 3. The van der Waals surface area contributed by atoms with Gasteiger partial charge >= 0.3 is 5.97 Å². The molecular formula is C13H16N4O2. The van der Waals surface area contributed by atoms with Gasteiger partial charge in [0.25, 0.3) is 0 Å². The number of aryl methyl sites for hydroxylation is 2. The molecule has 6 heteroatoms. The molecule has 1 heterocycles. The van der Waals surface area contributed by atoms with Crippen LogP contribution in [0.1, 0.15) is 21.6 Å². The van der Waals surface area contributed by atoms with Crippen molar-refractivity contribution < 1.29 is 9.53 Å². The topological polar surface area (TPSA) is 69.0 Å². The Morgan fingerprint density at radius 1 is 1.47 bits per heavy atom. The first-order valence-corrected chi connectivity index (χ1v) is 5.88. The van der Waals surface area contributed by atoms with E-state index in [1.165, 1.54) is 7.11 Å². The summed E-state index contributed by atoms with van der Waals surface area (Å²) in [5.41, 5.74) is 3.44. The van der Waals surface area contributed by atoms with Crippen LogP contribution in [0.5, 0.6) is 0 Å². The Hall–Kier alpha value is -2.37. The van der Waals surface area contributed by atoms with E-state index in [0.29, 0.717) is 12.1 Å². The van der Waals surface area contributed by atoms with Crippen molar-refractivity contribution in [2.45, 2.75) is 13.5 Å². The zero-order chi connectivity index (χ0) is 13.8. The second-order valence-electron chi connectivity index (χ2n) is 4.22. The largest absolute Gasteiger partial charge is 0.465 e. The molecule has 0 spiro atoms. The monoisotopic (exact) mass is 260 g/mol. The number of aromatic nitrogens is 3. The van der Waals surface area contributed by atoms with Gasteiger partial charge in [0.2, 0.25) is 0 Å². The molecule has 1 N–H and O–H groups in total. The molecule has 1 aromatic heterocycles. The van der Waals surface area contributed by atoms with Crippen LogP contribution in [-0.2, 0) is 18.3 Å². The highest BCUT2D eigenvalue weighted by molar-refractivity contribution is 5.90. The van der Waals surface area contributed by atoms with Crippen molar-refractivity contribution in [3.8, 4) is 0 Å². The van der Waals surface area contributed by atoms with Crippen LogP contribution in [-0.4, -0.2) is 28.1 Å². The summed E-state index contributed by atoms with van der Waals surface area (Å²) in [7, 11) is 3.21. The zero-order valence-electron chi connectivity index (χ0n) is 11.2. The number of anilines is 1. The van der Waals surface area contributed by atoms with Crippen molar-refractivity contribution in [1.82, 2.24) is 15.0 Å². The first kappa shape index (κ1) is 13.1. The van der Waals surface area contributed by atoms with Crippen molar-refractivity contribution in [2.24, 2.45) is 7.05 Å². The number of ether oxygens (including phenoxy) is 1. The summed E-state index contributed by atoms with van der Waals surface area (Å²) in [6, 6.07) is 5.42. The standard InChI is InChI=1S/C13H16N4O2/c1-9-4-5-10(13(18)19-3)6-12(9)14-7-11-8-15-16-17(11)2/h4-6,8,14H,7H2,1-3H3. The number of hydrogen-bond donors (Lipinski definition) is 1. The average molecular weight is 260 g/mol. The number of nitrogens with one attached hydrogen (secondary N) is 1. The Kier molecular flexibility index (Phi) is 3.79. The van der Waals surface area contributed by atoms with E-state index in [9.17, 15) is 4.79 Å². The molecular weight excluding hydrogens is 244 g/mol. The summed E-state index contributed by atoms with van der Waals surface area (Å²) in [5, 5.41) is 10.9. The number of methoxy groups -OCH3 is 1. The molecule has 0 atom stereocenters. The minimum absolute atomic E-state index is 0.342. The summed E-state index contributed by atoms with van der Waals surface area (Å²) < 4.78 is 6.41. The Morgan fingerprint density at radius 2 is 2.26 bits per heavy atom. The summed E-state index contributed by atoms with van der Waals surface area (Å²) in [4.78, 5) is 11.5. The molecule has 100 valence electrons. The van der Waals surface area contributed by atoms with E-state index in [2.05, 4.69) is 15.6 Å². The first-order valence-electron chi connectivity index (χ1n) is 5.88. The maximum Gasteiger partial charge on any atom is 0.337 e. The minimum Gasteiger partial charge on any atom is -0.465 e. The molecule has 2 aromatic rings. The SMILES string of the molecule is COC(=O)c1ccc(C)c(NCc2cnnn2C)c1. The van der Waals surface area contributed by atoms with Crippen LogP contribution in [0.4, 0.5) is 5.69 Å². The molecule has 0 unspecified atom stereocenters. The van der Waals surface area contributed by atoms with Crippen molar-refractivity contribution in [3.63, 3.8) is 0 Å². The van der Waals surface area contributed by atoms with E-state index in [1.54, 1.807) is 23.0 Å². The zero-order valence-corrected chi connectivity index (χ0v) is 11.2. The van der Waals surface area contributed by atoms with E-state index in [-0.39, 0.29) is 5.97 Å². The van der Waals surface area contributed by atoms with Gasteiger partial charge in [-0.15, -0.1) is 5.10 Å². The van der Waals surface area contributed by atoms with Crippen LogP contribution >= 0.6 is 0 Å². The summed E-state index contributed by atoms with van der Waals surface area (Å²) >= 11 is 0. The Bertz CT molecular complexity index is 592. The van der Waals surface area contributed by atoms with Gasteiger partial charge in [0, 0.05) is 12.7 Å². The minimum atomic E-state index is -0.342. The molecule has 1 aromatic carbocycles. The van der Waals surface area contributed by atoms with E-state index in [4.69, 9.17) is 4.74 Å². The van der Waals surface area contributed by atoms with Crippen molar-refractivity contribution >= 4 is 11.7 Å². The van der Waals surface area contributed by atoms with Crippen LogP contribution in [0.25, 0.3) is 0 Å². The third kappa shape index (κ3) is 2.90. The van der Waals surface area contributed by atoms with Crippen LogP contribution in [0, 0.1) is 6.92 Å². The van der Waals surface area contributed by atoms with E-state index in [0.717, 1.165) is 16.9 Å². The molecule has 0 aliphatic rings. The van der Waals surface area contributed by atoms with Crippen molar-refractivity contribution in [1.29, 1.82) is 0 Å². The number of rotatable bonds is 4. The van der Waals surface area contributed by atoms with Crippen LogP contribution in [0.2, 0.25) is 0 Å². The molecule has 0 aliphatic carbocycles. The Morgan fingerprint density at radius 3 is 2.89 bits per heavy atom. The van der Waals surface area contributed by atoms with E-state index >= 15 is 0 Å². The van der Waals surface area contributed by atoms with Crippen LogP contribution in [0.3, 0.4) is 0 Å². The lowest BCUT2D eigenvalue weighted by Gasteiger charge is -2.10. The van der Waals surface area contributed by atoms with Gasteiger partial charge in [-0.05, 0) is 24.6 Å². The molecule has 0 radical (unpaired) electrons. The lowest BCUT2D eigenvalue weighted by atomic mass is 10.1. The molecule has 0 saturated carbocycles. The molecule has 0 fully saturated rings. The second-order valence-corrected chi connectivity index (χ2v) is 4.22. The predicted molar refractivity (Wildman–Crippen MR) is 70.8 cm³/mol. The van der Waals surface area contributed by atoms with Gasteiger partial charge in [0.05, 0.1) is 31.1 Å². The maximum atomic E-state index is 11.5. The quantitative estimate of drug-likeness (QED) is 0.844. The number of esters is 1. The highest BCUT2D eigenvalue weighted by Crippen LogP contribution is 2.18. The van der Waals surface area contributed by atoms with Crippen molar-refractivity contribution in [3.05, 3.63) is 41.2 Å². The lowest BCUT2D eigenvalue weighted by molar-refractivity contribution is 0.0601. The highest BCUT2D eigenvalue weighted by atomic mass is 16.5. The molecule has 0 aliphatic heterocycles. The second kappa shape index (κ2) is 5.51. The fourth-order valence-electron chi connectivity index (χ4n) is 1.71. The number of benzene rings is 1. The van der Waals surface area contributed by atoms with Gasteiger partial charge in [-0.25, -0.2) is 4.79 Å².